The number of hydrogen-bond donors (Lipinski definition) is 0. The Kier molecular flexibility index (Phi) is 4.44. The molecule has 0 saturated carbocycles. The summed E-state index contributed by atoms with van der Waals surface area (Å²) in [4.78, 5) is 21.9. The van der Waals surface area contributed by atoms with Crippen molar-refractivity contribution in [1.29, 1.82) is 0 Å². The second-order valence-corrected chi connectivity index (χ2v) is 5.64. The smallest absolute Gasteiger partial charge is 0.230 e. The number of hydrogen-bond acceptors (Lipinski definition) is 4. The zero-order valence-electron chi connectivity index (χ0n) is 11.6. The van der Waals surface area contributed by atoms with Gasteiger partial charge in [-0.05, 0) is 13.0 Å². The lowest BCUT2D eigenvalue weighted by Crippen LogP contribution is -2.33. The number of carbonyl (C=O) groups is 1. The Labute approximate surface area is 121 Å². The average molecular weight is 293 g/mol. The number of nitrogens with zero attached hydrogens (tertiary/aromatic N) is 3. The summed E-state index contributed by atoms with van der Waals surface area (Å²) >= 11 is 1.36. The topological polar surface area (TPSA) is 46.1 Å². The van der Waals surface area contributed by atoms with Crippen LogP contribution in [-0.4, -0.2) is 22.4 Å². The first-order valence-electron chi connectivity index (χ1n) is 6.41. The van der Waals surface area contributed by atoms with E-state index >= 15 is 0 Å². The quantitative estimate of drug-likeness (QED) is 0.868. The van der Waals surface area contributed by atoms with Crippen LogP contribution in [0.15, 0.2) is 24.7 Å². The summed E-state index contributed by atoms with van der Waals surface area (Å²) in [6.07, 6.45) is 4.36. The van der Waals surface area contributed by atoms with Crippen LogP contribution in [0.25, 0.3) is 10.6 Å². The lowest BCUT2D eigenvalue weighted by molar-refractivity contribution is -0.121. The maximum atomic E-state index is 13.2. The minimum atomic E-state index is -0.398. The molecule has 0 fully saturated rings. The number of aromatic nitrogens is 2. The number of amides is 1. The Balaban J connectivity index is 2.30. The minimum Gasteiger partial charge on any atom is -0.303 e. The highest BCUT2D eigenvalue weighted by Gasteiger charge is 2.19. The molecule has 0 aliphatic carbocycles. The Bertz CT molecular complexity index is 612. The van der Waals surface area contributed by atoms with E-state index in [1.165, 1.54) is 17.4 Å². The van der Waals surface area contributed by atoms with Crippen LogP contribution in [0.3, 0.4) is 0 Å². The van der Waals surface area contributed by atoms with Crippen LogP contribution in [-0.2, 0) is 4.79 Å². The molecule has 2 aromatic rings. The van der Waals surface area contributed by atoms with E-state index in [9.17, 15) is 9.18 Å². The minimum absolute atomic E-state index is 0.0556. The maximum absolute atomic E-state index is 13.2. The highest BCUT2D eigenvalue weighted by atomic mass is 32.1. The number of rotatable bonds is 4. The van der Waals surface area contributed by atoms with E-state index in [4.69, 9.17) is 0 Å². The van der Waals surface area contributed by atoms with Crippen LogP contribution in [0, 0.1) is 11.7 Å². The van der Waals surface area contributed by atoms with Gasteiger partial charge in [-0.25, -0.2) is 9.37 Å². The van der Waals surface area contributed by atoms with Crippen LogP contribution in [0.2, 0.25) is 0 Å². The first kappa shape index (κ1) is 14.6. The van der Waals surface area contributed by atoms with Crippen molar-refractivity contribution < 1.29 is 9.18 Å². The van der Waals surface area contributed by atoms with Crippen LogP contribution >= 0.6 is 11.3 Å². The Hall–Kier alpha value is -1.82. The summed E-state index contributed by atoms with van der Waals surface area (Å²) < 4.78 is 13.2. The Morgan fingerprint density at radius 1 is 1.40 bits per heavy atom. The van der Waals surface area contributed by atoms with Gasteiger partial charge in [0.1, 0.15) is 15.8 Å². The molecule has 0 radical (unpaired) electrons. The summed E-state index contributed by atoms with van der Waals surface area (Å²) in [5, 5.41) is 1.42. The van der Waals surface area contributed by atoms with Crippen molar-refractivity contribution in [2.24, 2.45) is 5.92 Å². The molecule has 106 valence electrons. The summed E-state index contributed by atoms with van der Waals surface area (Å²) in [7, 11) is 0. The molecule has 0 saturated heterocycles. The second-order valence-electron chi connectivity index (χ2n) is 4.63. The fourth-order valence-corrected chi connectivity index (χ4v) is 2.75. The van der Waals surface area contributed by atoms with Crippen molar-refractivity contribution in [1.82, 2.24) is 9.97 Å². The van der Waals surface area contributed by atoms with Gasteiger partial charge >= 0.3 is 0 Å². The largest absolute Gasteiger partial charge is 0.303 e. The highest BCUT2D eigenvalue weighted by molar-refractivity contribution is 7.19. The van der Waals surface area contributed by atoms with Crippen molar-refractivity contribution in [2.45, 2.75) is 20.8 Å². The fraction of sp³-hybridized carbons (Fsp3) is 0.357. The van der Waals surface area contributed by atoms with Gasteiger partial charge < -0.3 is 4.90 Å². The van der Waals surface area contributed by atoms with Gasteiger partial charge in [0.15, 0.2) is 0 Å². The fourth-order valence-electron chi connectivity index (χ4n) is 1.78. The summed E-state index contributed by atoms with van der Waals surface area (Å²) in [6.45, 7) is 6.23. The van der Waals surface area contributed by atoms with E-state index in [0.717, 1.165) is 11.2 Å². The van der Waals surface area contributed by atoms with Crippen LogP contribution in [0.4, 0.5) is 9.39 Å². The lowest BCUT2D eigenvalue weighted by atomic mass is 10.2. The van der Waals surface area contributed by atoms with E-state index in [2.05, 4.69) is 9.97 Å². The normalized spacial score (nSPS) is 10.8. The van der Waals surface area contributed by atoms with E-state index in [-0.39, 0.29) is 11.8 Å². The number of carbonyl (C=O) groups excluding carboxylic acids is 1. The zero-order valence-corrected chi connectivity index (χ0v) is 12.4. The molecule has 4 nitrogen and oxygen atoms in total. The standard InChI is InChI=1S/C14H16FN3OS/c1-4-18(14(19)9(2)3)12-8-17-13(20-12)10-5-11(15)7-16-6-10/h5-9H,4H2,1-3H3. The van der Waals surface area contributed by atoms with Crippen molar-refractivity contribution in [3.8, 4) is 10.6 Å². The van der Waals surface area contributed by atoms with Gasteiger partial charge in [0, 0.05) is 24.2 Å². The van der Waals surface area contributed by atoms with Gasteiger partial charge in [0.2, 0.25) is 5.91 Å². The third-order valence-electron chi connectivity index (χ3n) is 2.79. The van der Waals surface area contributed by atoms with Gasteiger partial charge in [-0.3, -0.25) is 9.78 Å². The SMILES string of the molecule is CCN(C(=O)C(C)C)c1cnc(-c2cncc(F)c2)s1. The predicted molar refractivity (Wildman–Crippen MR) is 78.2 cm³/mol. The van der Waals surface area contributed by atoms with E-state index in [1.807, 2.05) is 20.8 Å². The Morgan fingerprint density at radius 2 is 2.15 bits per heavy atom. The molecule has 20 heavy (non-hydrogen) atoms. The van der Waals surface area contributed by atoms with Gasteiger partial charge in [-0.15, -0.1) is 0 Å². The number of thiazole rings is 1. The Morgan fingerprint density at radius 3 is 2.75 bits per heavy atom. The molecule has 0 aliphatic rings. The molecule has 2 aromatic heterocycles. The average Bonchev–Trinajstić information content (AvgIpc) is 2.89. The molecule has 0 unspecified atom stereocenters. The lowest BCUT2D eigenvalue weighted by Gasteiger charge is -2.20. The molecule has 0 atom stereocenters. The third kappa shape index (κ3) is 3.01. The molecule has 2 heterocycles. The number of pyridine rings is 1. The van der Waals surface area contributed by atoms with E-state index < -0.39 is 5.82 Å². The summed E-state index contributed by atoms with van der Waals surface area (Å²) in [5.74, 6) is -0.416. The molecule has 0 spiro atoms. The van der Waals surface area contributed by atoms with Gasteiger partial charge in [-0.2, -0.15) is 0 Å². The van der Waals surface area contributed by atoms with Gasteiger partial charge in [-0.1, -0.05) is 25.2 Å². The molecule has 0 N–H and O–H groups in total. The molecule has 0 bridgehead atoms. The molecular weight excluding hydrogens is 277 g/mol. The molecule has 6 heteroatoms. The summed E-state index contributed by atoms with van der Waals surface area (Å²) in [5.41, 5.74) is 0.620. The maximum Gasteiger partial charge on any atom is 0.230 e. The van der Waals surface area contributed by atoms with Crippen molar-refractivity contribution in [3.05, 3.63) is 30.5 Å². The zero-order chi connectivity index (χ0) is 14.7. The number of halogens is 1. The van der Waals surface area contributed by atoms with E-state index in [1.54, 1.807) is 17.3 Å². The predicted octanol–water partition coefficient (Wildman–Crippen LogP) is 3.35. The molecule has 0 aromatic carbocycles. The molecule has 0 aliphatic heterocycles. The van der Waals surface area contributed by atoms with Crippen LogP contribution in [0.1, 0.15) is 20.8 Å². The third-order valence-corrected chi connectivity index (χ3v) is 3.86. The van der Waals surface area contributed by atoms with Crippen molar-refractivity contribution in [2.75, 3.05) is 11.4 Å². The van der Waals surface area contributed by atoms with Crippen molar-refractivity contribution in [3.63, 3.8) is 0 Å². The second kappa shape index (κ2) is 6.09. The molecule has 2 rings (SSSR count). The van der Waals surface area contributed by atoms with E-state index in [0.29, 0.717) is 17.1 Å². The van der Waals surface area contributed by atoms with Crippen LogP contribution in [0.5, 0.6) is 0 Å². The number of anilines is 1. The molecular formula is C14H16FN3OS. The van der Waals surface area contributed by atoms with Gasteiger partial charge in [0.05, 0.1) is 12.4 Å². The first-order valence-corrected chi connectivity index (χ1v) is 7.22. The molecule has 1 amide bonds. The highest BCUT2D eigenvalue weighted by Crippen LogP contribution is 2.31. The van der Waals surface area contributed by atoms with Gasteiger partial charge in [0.25, 0.3) is 0 Å². The monoisotopic (exact) mass is 293 g/mol. The van der Waals surface area contributed by atoms with Crippen molar-refractivity contribution >= 4 is 22.2 Å². The summed E-state index contributed by atoms with van der Waals surface area (Å²) in [6, 6.07) is 1.39. The first-order chi connectivity index (χ1) is 9.52. The van der Waals surface area contributed by atoms with Crippen LogP contribution < -0.4 is 4.90 Å².